The van der Waals surface area contributed by atoms with E-state index in [0.29, 0.717) is 18.2 Å². The number of rotatable bonds is 3. The topological polar surface area (TPSA) is 46.5 Å². The van der Waals surface area contributed by atoms with E-state index < -0.39 is 29.5 Å². The lowest BCUT2D eigenvalue weighted by atomic mass is 10.3. The van der Waals surface area contributed by atoms with Crippen molar-refractivity contribution in [3.05, 3.63) is 29.8 Å². The summed E-state index contributed by atoms with van der Waals surface area (Å²) in [5.74, 6) is -6.06. The van der Waals surface area contributed by atoms with Crippen LogP contribution in [0, 0.1) is 11.6 Å². The molecule has 0 bridgehead atoms. The fourth-order valence-corrected chi connectivity index (χ4v) is 0.737. The molecular weight excluding hydrogens is 220 g/mol. The van der Waals surface area contributed by atoms with E-state index >= 15 is 0 Å². The van der Waals surface area contributed by atoms with Gasteiger partial charge in [-0.05, 0) is 12.1 Å². The third-order valence-corrected chi connectivity index (χ3v) is 1.38. The maximum Gasteiger partial charge on any atom is 0.502 e. The van der Waals surface area contributed by atoms with Crippen molar-refractivity contribution in [3.63, 3.8) is 0 Å². The molecule has 0 saturated carbocycles. The first kappa shape index (κ1) is 11.3. The molecule has 0 radical (unpaired) electrons. The molecule has 0 aliphatic heterocycles. The number of hydrogen-bond acceptors (Lipinski definition) is 2. The Bertz CT molecular complexity index is 391. The van der Waals surface area contributed by atoms with E-state index in [4.69, 9.17) is 5.11 Å². The molecule has 0 aliphatic rings. The summed E-state index contributed by atoms with van der Waals surface area (Å²) in [6.45, 7) is 0. The van der Waals surface area contributed by atoms with Crippen LogP contribution in [0.25, 0.3) is 0 Å². The van der Waals surface area contributed by atoms with Crippen molar-refractivity contribution in [1.29, 1.82) is 0 Å². The lowest BCUT2D eigenvalue weighted by Gasteiger charge is -2.13. The predicted octanol–water partition coefficient (Wildman–Crippen LogP) is 2.02. The van der Waals surface area contributed by atoms with Crippen molar-refractivity contribution in [2.45, 2.75) is 6.11 Å². The number of benzene rings is 1. The molecule has 7 heteroatoms. The molecule has 0 amide bonds. The third kappa shape index (κ3) is 2.58. The monoisotopic (exact) mass is 224 g/mol. The van der Waals surface area contributed by atoms with Gasteiger partial charge in [0.15, 0.2) is 11.6 Å². The van der Waals surface area contributed by atoms with Gasteiger partial charge in [-0.2, -0.15) is 8.78 Å². The number of carboxylic acid groups (broad SMARTS) is 1. The Morgan fingerprint density at radius 3 is 2.47 bits per heavy atom. The highest BCUT2D eigenvalue weighted by molar-refractivity contribution is 5.73. The zero-order valence-electron chi connectivity index (χ0n) is 7.01. The van der Waals surface area contributed by atoms with Gasteiger partial charge in [-0.3, -0.25) is 0 Å². The van der Waals surface area contributed by atoms with Crippen LogP contribution < -0.4 is 4.74 Å². The van der Waals surface area contributed by atoms with Gasteiger partial charge >= 0.3 is 12.1 Å². The first-order chi connectivity index (χ1) is 6.83. The molecule has 0 saturated heterocycles. The number of carboxylic acids is 1. The first-order valence-corrected chi connectivity index (χ1v) is 3.58. The summed E-state index contributed by atoms with van der Waals surface area (Å²) in [7, 11) is 0. The molecule has 3 nitrogen and oxygen atoms in total. The minimum Gasteiger partial charge on any atom is -0.474 e. The lowest BCUT2D eigenvalue weighted by molar-refractivity contribution is -0.211. The lowest BCUT2D eigenvalue weighted by Crippen LogP contribution is -2.35. The number of hydrogen-bond donors (Lipinski definition) is 1. The quantitative estimate of drug-likeness (QED) is 0.799. The van der Waals surface area contributed by atoms with Crippen LogP contribution in [0.5, 0.6) is 5.75 Å². The van der Waals surface area contributed by atoms with Gasteiger partial charge in [0.2, 0.25) is 0 Å². The van der Waals surface area contributed by atoms with Gasteiger partial charge < -0.3 is 9.84 Å². The highest BCUT2D eigenvalue weighted by atomic mass is 19.3. The number of aliphatic carboxylic acids is 1. The molecule has 1 rings (SSSR count). The molecule has 0 aliphatic carbocycles. The molecule has 0 spiro atoms. The Labute approximate surface area is 80.9 Å². The van der Waals surface area contributed by atoms with Crippen molar-refractivity contribution in [2.24, 2.45) is 0 Å². The molecule has 1 aromatic rings. The van der Waals surface area contributed by atoms with Gasteiger partial charge in [-0.15, -0.1) is 0 Å². The normalized spacial score (nSPS) is 11.2. The summed E-state index contributed by atoms with van der Waals surface area (Å²) in [4.78, 5) is 9.93. The molecule has 0 unspecified atom stereocenters. The second-order valence-corrected chi connectivity index (χ2v) is 2.50. The van der Waals surface area contributed by atoms with Crippen molar-refractivity contribution >= 4 is 5.97 Å². The van der Waals surface area contributed by atoms with Crippen LogP contribution >= 0.6 is 0 Å². The minimum atomic E-state index is -4.60. The van der Waals surface area contributed by atoms with Crippen molar-refractivity contribution < 1.29 is 32.2 Å². The number of halogens is 4. The van der Waals surface area contributed by atoms with Gasteiger partial charge in [-0.1, -0.05) is 0 Å². The Morgan fingerprint density at radius 1 is 1.33 bits per heavy atom. The maximum atomic E-state index is 12.7. The van der Waals surface area contributed by atoms with E-state index in [0.717, 1.165) is 0 Å². The molecule has 0 atom stereocenters. The fourth-order valence-electron chi connectivity index (χ4n) is 0.737. The third-order valence-electron chi connectivity index (χ3n) is 1.38. The summed E-state index contributed by atoms with van der Waals surface area (Å²) >= 11 is 0. The van der Waals surface area contributed by atoms with E-state index in [1.807, 2.05) is 0 Å². The van der Waals surface area contributed by atoms with Crippen LogP contribution in [0.2, 0.25) is 0 Å². The average Bonchev–Trinajstić information content (AvgIpc) is 2.10. The van der Waals surface area contributed by atoms with Gasteiger partial charge in [-0.25, -0.2) is 13.6 Å². The summed E-state index contributed by atoms with van der Waals surface area (Å²) in [5.41, 5.74) is 0. The second-order valence-electron chi connectivity index (χ2n) is 2.50. The van der Waals surface area contributed by atoms with E-state index in [-0.39, 0.29) is 0 Å². The van der Waals surface area contributed by atoms with Gasteiger partial charge in [0.25, 0.3) is 0 Å². The Kier molecular flexibility index (Phi) is 2.83. The molecule has 0 fully saturated rings. The summed E-state index contributed by atoms with van der Waals surface area (Å²) in [6, 6.07) is 1.55. The van der Waals surface area contributed by atoms with Gasteiger partial charge in [0.1, 0.15) is 5.82 Å². The van der Waals surface area contributed by atoms with Gasteiger partial charge in [0, 0.05) is 6.07 Å². The van der Waals surface area contributed by atoms with Crippen molar-refractivity contribution in [3.8, 4) is 5.75 Å². The standard InChI is InChI=1S/C8H4F4O3/c9-4-1-2-5(10)6(3-4)15-8(11,12)7(13)14/h1-3H,(H,13,14). The van der Waals surface area contributed by atoms with E-state index in [9.17, 15) is 22.4 Å². The Hall–Kier alpha value is -1.79. The van der Waals surface area contributed by atoms with Crippen molar-refractivity contribution in [1.82, 2.24) is 0 Å². The molecule has 0 heterocycles. The summed E-state index contributed by atoms with van der Waals surface area (Å²) in [6.07, 6.45) is -4.60. The van der Waals surface area contributed by atoms with E-state index in [1.165, 1.54) is 0 Å². The number of alkyl halides is 2. The SMILES string of the molecule is O=C(O)C(F)(F)Oc1cc(F)ccc1F. The summed E-state index contributed by atoms with van der Waals surface area (Å²) < 4.78 is 53.6. The first-order valence-electron chi connectivity index (χ1n) is 3.58. The Balaban J connectivity index is 2.99. The smallest absolute Gasteiger partial charge is 0.474 e. The van der Waals surface area contributed by atoms with E-state index in [1.54, 1.807) is 0 Å². The predicted molar refractivity (Wildman–Crippen MR) is 39.6 cm³/mol. The fraction of sp³-hybridized carbons (Fsp3) is 0.125. The largest absolute Gasteiger partial charge is 0.502 e. The van der Waals surface area contributed by atoms with Crippen LogP contribution in [0.4, 0.5) is 17.6 Å². The molecule has 82 valence electrons. The zero-order valence-corrected chi connectivity index (χ0v) is 7.01. The van der Waals surface area contributed by atoms with Crippen LogP contribution in [0.1, 0.15) is 0 Å². The van der Waals surface area contributed by atoms with Crippen LogP contribution in [0.15, 0.2) is 18.2 Å². The highest BCUT2D eigenvalue weighted by Crippen LogP contribution is 2.25. The van der Waals surface area contributed by atoms with Crippen molar-refractivity contribution in [2.75, 3.05) is 0 Å². The second kappa shape index (κ2) is 3.76. The zero-order chi connectivity index (χ0) is 11.6. The minimum absolute atomic E-state index is 0.326. The van der Waals surface area contributed by atoms with Crippen LogP contribution in [-0.2, 0) is 4.79 Å². The number of ether oxygens (including phenoxy) is 1. The average molecular weight is 224 g/mol. The molecular formula is C8H4F4O3. The van der Waals surface area contributed by atoms with E-state index in [2.05, 4.69) is 4.74 Å². The Morgan fingerprint density at radius 2 is 1.93 bits per heavy atom. The molecule has 1 N–H and O–H groups in total. The molecule has 0 aromatic heterocycles. The number of carbonyl (C=O) groups is 1. The maximum absolute atomic E-state index is 12.7. The van der Waals surface area contributed by atoms with Crippen LogP contribution in [-0.4, -0.2) is 17.2 Å². The highest BCUT2D eigenvalue weighted by Gasteiger charge is 2.43. The molecule has 15 heavy (non-hydrogen) atoms. The molecule has 1 aromatic carbocycles. The van der Waals surface area contributed by atoms with Crippen LogP contribution in [0.3, 0.4) is 0 Å². The van der Waals surface area contributed by atoms with Gasteiger partial charge in [0.05, 0.1) is 0 Å². The summed E-state index contributed by atoms with van der Waals surface area (Å²) in [5, 5.41) is 7.97.